The number of rotatable bonds is 3. The number of hydrogen-bond donors (Lipinski definition) is 0. The fourth-order valence-electron chi connectivity index (χ4n) is 6.18. The van der Waals surface area contributed by atoms with E-state index in [0.717, 1.165) is 44.0 Å². The van der Waals surface area contributed by atoms with Gasteiger partial charge in [0.1, 0.15) is 11.2 Å². The second-order valence-corrected chi connectivity index (χ2v) is 10.9. The quantitative estimate of drug-likeness (QED) is 0.206. The van der Waals surface area contributed by atoms with E-state index in [-0.39, 0.29) is 0 Å². The van der Waals surface area contributed by atoms with Crippen molar-refractivity contribution in [1.29, 1.82) is 0 Å². The van der Waals surface area contributed by atoms with Crippen LogP contribution in [-0.4, -0.2) is 15.0 Å². The molecular weight excluding hydrogens is 526 g/mol. The van der Waals surface area contributed by atoms with E-state index in [1.165, 1.54) is 26.9 Å². The normalized spacial score (nSPS) is 11.7. The molecule has 0 saturated heterocycles. The van der Waals surface area contributed by atoms with Gasteiger partial charge in [0.05, 0.1) is 0 Å². The summed E-state index contributed by atoms with van der Waals surface area (Å²) in [5.74, 6) is 1.91. The lowest BCUT2D eigenvalue weighted by Crippen LogP contribution is -2.00. The molecule has 0 aliphatic rings. The highest BCUT2D eigenvalue weighted by atomic mass is 16.3. The molecule has 43 heavy (non-hydrogen) atoms. The molecule has 9 aromatic rings. The molecule has 200 valence electrons. The Bertz CT molecular complexity index is 2510. The van der Waals surface area contributed by atoms with Gasteiger partial charge in [-0.1, -0.05) is 109 Å². The van der Waals surface area contributed by atoms with E-state index < -0.39 is 0 Å². The van der Waals surface area contributed by atoms with Crippen molar-refractivity contribution < 1.29 is 4.42 Å². The molecule has 0 N–H and O–H groups in total. The molecule has 0 aliphatic heterocycles. The van der Waals surface area contributed by atoms with Crippen LogP contribution in [0.25, 0.3) is 88.4 Å². The molecule has 4 heteroatoms. The largest absolute Gasteiger partial charge is 0.456 e. The van der Waals surface area contributed by atoms with Gasteiger partial charge in [-0.2, -0.15) is 0 Å². The van der Waals surface area contributed by atoms with Gasteiger partial charge in [0.2, 0.25) is 0 Å². The molecule has 7 aromatic carbocycles. The van der Waals surface area contributed by atoms with Crippen LogP contribution >= 0.6 is 0 Å². The SMILES string of the molecule is c1ccc(-c2nc(-c3ccc4ccccc4c3)nc(-c3ccc4oc5ccc6ccc7ccccc7c6c5c4c3)n2)cc1. The Morgan fingerprint density at radius 1 is 0.349 bits per heavy atom. The van der Waals surface area contributed by atoms with Gasteiger partial charge in [-0.3, -0.25) is 0 Å². The summed E-state index contributed by atoms with van der Waals surface area (Å²) in [6.45, 7) is 0. The summed E-state index contributed by atoms with van der Waals surface area (Å²) in [5.41, 5.74) is 4.51. The van der Waals surface area contributed by atoms with Crippen LogP contribution in [0.1, 0.15) is 0 Å². The molecule has 2 heterocycles. The van der Waals surface area contributed by atoms with Crippen LogP contribution < -0.4 is 0 Å². The lowest BCUT2D eigenvalue weighted by Gasteiger charge is -2.09. The molecule has 2 aromatic heterocycles. The molecule has 0 spiro atoms. The van der Waals surface area contributed by atoms with Crippen molar-refractivity contribution in [2.45, 2.75) is 0 Å². The first-order valence-corrected chi connectivity index (χ1v) is 14.4. The number of furan rings is 1. The molecule has 0 bridgehead atoms. The Morgan fingerprint density at radius 3 is 1.77 bits per heavy atom. The van der Waals surface area contributed by atoms with Crippen LogP contribution in [0.2, 0.25) is 0 Å². The highest BCUT2D eigenvalue weighted by molar-refractivity contribution is 6.26. The second kappa shape index (κ2) is 9.33. The third-order valence-corrected chi connectivity index (χ3v) is 8.27. The summed E-state index contributed by atoms with van der Waals surface area (Å²) in [4.78, 5) is 15.0. The Balaban J connectivity index is 1.30. The van der Waals surface area contributed by atoms with Crippen molar-refractivity contribution in [3.63, 3.8) is 0 Å². The van der Waals surface area contributed by atoms with E-state index in [2.05, 4.69) is 97.1 Å². The van der Waals surface area contributed by atoms with Crippen molar-refractivity contribution in [2.24, 2.45) is 0 Å². The maximum atomic E-state index is 6.37. The van der Waals surface area contributed by atoms with Crippen molar-refractivity contribution >= 4 is 54.3 Å². The molecule has 0 aliphatic carbocycles. The number of aromatic nitrogens is 3. The molecule has 0 saturated carbocycles. The average Bonchev–Trinajstić information content (AvgIpc) is 3.46. The zero-order valence-corrected chi connectivity index (χ0v) is 23.0. The summed E-state index contributed by atoms with van der Waals surface area (Å²) in [6, 6.07) is 48.1. The van der Waals surface area contributed by atoms with Gasteiger partial charge in [-0.05, 0) is 57.3 Å². The topological polar surface area (TPSA) is 51.8 Å². The van der Waals surface area contributed by atoms with E-state index in [9.17, 15) is 0 Å². The maximum Gasteiger partial charge on any atom is 0.164 e. The van der Waals surface area contributed by atoms with Crippen molar-refractivity contribution in [1.82, 2.24) is 15.0 Å². The van der Waals surface area contributed by atoms with Gasteiger partial charge >= 0.3 is 0 Å². The van der Waals surface area contributed by atoms with Gasteiger partial charge in [0.15, 0.2) is 17.5 Å². The van der Waals surface area contributed by atoms with Crippen LogP contribution in [-0.2, 0) is 0 Å². The third-order valence-electron chi connectivity index (χ3n) is 8.27. The molecule has 9 rings (SSSR count). The molecule has 0 fully saturated rings. The summed E-state index contributed by atoms with van der Waals surface area (Å²) >= 11 is 0. The van der Waals surface area contributed by atoms with Crippen LogP contribution in [0.4, 0.5) is 0 Å². The van der Waals surface area contributed by atoms with Crippen LogP contribution in [0, 0.1) is 0 Å². The highest BCUT2D eigenvalue weighted by Crippen LogP contribution is 2.39. The summed E-state index contributed by atoms with van der Waals surface area (Å²) in [5, 5.41) is 9.28. The van der Waals surface area contributed by atoms with E-state index in [0.29, 0.717) is 17.5 Å². The Labute approximate surface area is 246 Å². The highest BCUT2D eigenvalue weighted by Gasteiger charge is 2.17. The first-order valence-electron chi connectivity index (χ1n) is 14.4. The zero-order chi connectivity index (χ0) is 28.3. The first-order chi connectivity index (χ1) is 21.3. The van der Waals surface area contributed by atoms with Gasteiger partial charge in [-0.15, -0.1) is 0 Å². The fourth-order valence-corrected chi connectivity index (χ4v) is 6.18. The predicted octanol–water partition coefficient (Wildman–Crippen LogP) is 10.2. The fraction of sp³-hybridized carbons (Fsp3) is 0. The van der Waals surface area contributed by atoms with Crippen LogP contribution in [0.5, 0.6) is 0 Å². The predicted molar refractivity (Wildman–Crippen MR) is 176 cm³/mol. The van der Waals surface area contributed by atoms with Gasteiger partial charge in [0, 0.05) is 32.8 Å². The van der Waals surface area contributed by atoms with Crippen LogP contribution in [0.3, 0.4) is 0 Å². The van der Waals surface area contributed by atoms with Crippen molar-refractivity contribution in [2.75, 3.05) is 0 Å². The Hall–Kier alpha value is -5.87. The van der Waals surface area contributed by atoms with Gasteiger partial charge in [-0.25, -0.2) is 15.0 Å². The average molecular weight is 550 g/mol. The molecule has 0 atom stereocenters. The summed E-state index contributed by atoms with van der Waals surface area (Å²) in [7, 11) is 0. The number of nitrogens with zero attached hydrogens (tertiary/aromatic N) is 3. The lowest BCUT2D eigenvalue weighted by molar-refractivity contribution is 0.669. The smallest absolute Gasteiger partial charge is 0.164 e. The number of hydrogen-bond acceptors (Lipinski definition) is 4. The molecule has 0 amide bonds. The van der Waals surface area contributed by atoms with Crippen LogP contribution in [0.15, 0.2) is 144 Å². The van der Waals surface area contributed by atoms with E-state index in [4.69, 9.17) is 19.4 Å². The zero-order valence-electron chi connectivity index (χ0n) is 23.0. The van der Waals surface area contributed by atoms with Crippen molar-refractivity contribution in [3.8, 4) is 34.2 Å². The minimum Gasteiger partial charge on any atom is -0.456 e. The standard InChI is InChI=1S/C39H23N3O/c1-2-10-27(11-3-1)37-40-38(29-17-14-24-8-4-5-12-28(24)22-29)42-39(41-37)30-19-20-33-32(23-30)36-34(43-33)21-18-26-16-15-25-9-6-7-13-31(25)35(26)36/h1-23H. The summed E-state index contributed by atoms with van der Waals surface area (Å²) in [6.07, 6.45) is 0. The second-order valence-electron chi connectivity index (χ2n) is 10.9. The number of fused-ring (bicyclic) bond motifs is 8. The molecule has 0 radical (unpaired) electrons. The van der Waals surface area contributed by atoms with E-state index in [1.54, 1.807) is 0 Å². The number of benzene rings is 7. The van der Waals surface area contributed by atoms with Gasteiger partial charge in [0.25, 0.3) is 0 Å². The van der Waals surface area contributed by atoms with E-state index >= 15 is 0 Å². The third kappa shape index (κ3) is 3.88. The minimum atomic E-state index is 0.623. The Morgan fingerprint density at radius 2 is 0.930 bits per heavy atom. The monoisotopic (exact) mass is 549 g/mol. The molecular formula is C39H23N3O. The van der Waals surface area contributed by atoms with E-state index in [1.807, 2.05) is 42.5 Å². The summed E-state index contributed by atoms with van der Waals surface area (Å²) < 4.78 is 6.37. The molecule has 0 unspecified atom stereocenters. The lowest BCUT2D eigenvalue weighted by atomic mass is 9.97. The first kappa shape index (κ1) is 23.8. The molecule has 4 nitrogen and oxygen atoms in total. The Kier molecular flexibility index (Phi) is 5.16. The maximum absolute atomic E-state index is 6.37. The minimum absolute atomic E-state index is 0.623. The van der Waals surface area contributed by atoms with Gasteiger partial charge < -0.3 is 4.42 Å². The van der Waals surface area contributed by atoms with Crippen molar-refractivity contribution in [3.05, 3.63) is 140 Å².